The molecular formula is C13H20FN. The fraction of sp³-hybridized carbons (Fsp3) is 0.538. The van der Waals surface area contributed by atoms with Crippen LogP contribution in [-0.2, 0) is 0 Å². The van der Waals surface area contributed by atoms with Crippen molar-refractivity contribution < 1.29 is 4.39 Å². The van der Waals surface area contributed by atoms with Crippen molar-refractivity contribution in [1.29, 1.82) is 0 Å². The van der Waals surface area contributed by atoms with Gasteiger partial charge in [0.15, 0.2) is 0 Å². The molecule has 0 fully saturated rings. The van der Waals surface area contributed by atoms with E-state index in [4.69, 9.17) is 5.73 Å². The van der Waals surface area contributed by atoms with Crippen molar-refractivity contribution in [3.63, 3.8) is 0 Å². The molecule has 0 spiro atoms. The molecule has 0 radical (unpaired) electrons. The van der Waals surface area contributed by atoms with Gasteiger partial charge in [-0.1, -0.05) is 19.9 Å². The molecule has 1 rings (SSSR count). The van der Waals surface area contributed by atoms with Crippen LogP contribution in [0.25, 0.3) is 0 Å². The van der Waals surface area contributed by atoms with Gasteiger partial charge in [-0.15, -0.1) is 0 Å². The minimum absolute atomic E-state index is 0.0388. The Bertz CT molecular complexity index is 320. The van der Waals surface area contributed by atoms with Crippen LogP contribution in [0, 0.1) is 18.7 Å². The van der Waals surface area contributed by atoms with E-state index in [0.717, 1.165) is 24.0 Å². The van der Waals surface area contributed by atoms with Crippen LogP contribution in [-0.4, -0.2) is 0 Å². The molecule has 0 amide bonds. The zero-order chi connectivity index (χ0) is 11.4. The van der Waals surface area contributed by atoms with Crippen molar-refractivity contribution in [2.75, 3.05) is 0 Å². The lowest BCUT2D eigenvalue weighted by Crippen LogP contribution is -2.13. The molecule has 0 bridgehead atoms. The molecule has 15 heavy (non-hydrogen) atoms. The fourth-order valence-electron chi connectivity index (χ4n) is 1.68. The second-order valence-electron chi connectivity index (χ2n) is 4.58. The van der Waals surface area contributed by atoms with E-state index in [1.807, 2.05) is 6.92 Å². The highest BCUT2D eigenvalue weighted by molar-refractivity contribution is 5.29. The highest BCUT2D eigenvalue weighted by Crippen LogP contribution is 2.22. The first-order valence-electron chi connectivity index (χ1n) is 5.52. The molecule has 1 atom stereocenters. The van der Waals surface area contributed by atoms with Gasteiger partial charge < -0.3 is 5.73 Å². The molecule has 1 nitrogen and oxygen atoms in total. The highest BCUT2D eigenvalue weighted by atomic mass is 19.1. The first-order chi connectivity index (χ1) is 7.00. The maximum absolute atomic E-state index is 13.1. The van der Waals surface area contributed by atoms with E-state index in [1.165, 1.54) is 6.07 Å². The third kappa shape index (κ3) is 3.63. The summed E-state index contributed by atoms with van der Waals surface area (Å²) in [4.78, 5) is 0. The highest BCUT2D eigenvalue weighted by Gasteiger charge is 2.10. The number of rotatable bonds is 4. The maximum Gasteiger partial charge on any atom is 0.123 e. The van der Waals surface area contributed by atoms with E-state index in [-0.39, 0.29) is 11.9 Å². The molecule has 0 aromatic heterocycles. The first kappa shape index (κ1) is 12.2. The van der Waals surface area contributed by atoms with Crippen molar-refractivity contribution in [3.8, 4) is 0 Å². The van der Waals surface area contributed by atoms with Crippen molar-refractivity contribution in [3.05, 3.63) is 35.1 Å². The second kappa shape index (κ2) is 5.26. The first-order valence-corrected chi connectivity index (χ1v) is 5.52. The smallest absolute Gasteiger partial charge is 0.123 e. The minimum atomic E-state index is -0.199. The van der Waals surface area contributed by atoms with E-state index in [1.54, 1.807) is 12.1 Å². The van der Waals surface area contributed by atoms with Gasteiger partial charge in [0, 0.05) is 6.04 Å². The van der Waals surface area contributed by atoms with Crippen LogP contribution in [0.1, 0.15) is 43.9 Å². The van der Waals surface area contributed by atoms with Crippen LogP contribution < -0.4 is 5.73 Å². The Morgan fingerprint density at radius 3 is 2.53 bits per heavy atom. The number of hydrogen-bond donors (Lipinski definition) is 1. The van der Waals surface area contributed by atoms with Crippen LogP contribution in [0.2, 0.25) is 0 Å². The summed E-state index contributed by atoms with van der Waals surface area (Å²) in [7, 11) is 0. The zero-order valence-corrected chi connectivity index (χ0v) is 9.76. The van der Waals surface area contributed by atoms with Crippen molar-refractivity contribution in [2.45, 2.75) is 39.7 Å². The van der Waals surface area contributed by atoms with Crippen LogP contribution in [0.4, 0.5) is 4.39 Å². The standard InChI is InChI=1S/C13H20FN/c1-9(2)4-7-13(15)12-8-11(14)6-5-10(12)3/h5-6,8-9,13H,4,7,15H2,1-3H3/t13-/m1/s1. The summed E-state index contributed by atoms with van der Waals surface area (Å²) in [6.07, 6.45) is 2.00. The van der Waals surface area contributed by atoms with Gasteiger partial charge in [-0.05, 0) is 48.9 Å². The van der Waals surface area contributed by atoms with Crippen molar-refractivity contribution in [1.82, 2.24) is 0 Å². The lowest BCUT2D eigenvalue weighted by atomic mass is 9.95. The van der Waals surface area contributed by atoms with E-state index in [2.05, 4.69) is 13.8 Å². The Hall–Kier alpha value is -0.890. The van der Waals surface area contributed by atoms with Crippen LogP contribution in [0.5, 0.6) is 0 Å². The van der Waals surface area contributed by atoms with Crippen LogP contribution >= 0.6 is 0 Å². The van der Waals surface area contributed by atoms with Gasteiger partial charge in [0.2, 0.25) is 0 Å². The van der Waals surface area contributed by atoms with Gasteiger partial charge in [-0.3, -0.25) is 0 Å². The summed E-state index contributed by atoms with van der Waals surface area (Å²) in [5.41, 5.74) is 8.06. The summed E-state index contributed by atoms with van der Waals surface area (Å²) in [5, 5.41) is 0. The quantitative estimate of drug-likeness (QED) is 0.806. The normalized spacial score (nSPS) is 13.2. The van der Waals surface area contributed by atoms with Gasteiger partial charge in [-0.25, -0.2) is 4.39 Å². The molecular weight excluding hydrogens is 189 g/mol. The topological polar surface area (TPSA) is 26.0 Å². The van der Waals surface area contributed by atoms with E-state index < -0.39 is 0 Å². The molecule has 0 unspecified atom stereocenters. The van der Waals surface area contributed by atoms with E-state index in [9.17, 15) is 4.39 Å². The SMILES string of the molecule is Cc1ccc(F)cc1[C@H](N)CCC(C)C. The minimum Gasteiger partial charge on any atom is -0.324 e. The summed E-state index contributed by atoms with van der Waals surface area (Å²) in [6, 6.07) is 4.79. The van der Waals surface area contributed by atoms with Gasteiger partial charge in [0.05, 0.1) is 0 Å². The average molecular weight is 209 g/mol. The van der Waals surface area contributed by atoms with Crippen LogP contribution in [0.3, 0.4) is 0 Å². The number of aryl methyl sites for hydroxylation is 1. The molecule has 1 aromatic rings. The average Bonchev–Trinajstić information content (AvgIpc) is 2.18. The molecule has 0 aliphatic heterocycles. The van der Waals surface area contributed by atoms with Gasteiger partial charge in [-0.2, -0.15) is 0 Å². The molecule has 2 N–H and O–H groups in total. The number of hydrogen-bond acceptors (Lipinski definition) is 1. The number of nitrogens with two attached hydrogens (primary N) is 1. The van der Waals surface area contributed by atoms with Gasteiger partial charge in [0.25, 0.3) is 0 Å². The van der Waals surface area contributed by atoms with E-state index >= 15 is 0 Å². The molecule has 0 saturated carbocycles. The molecule has 2 heteroatoms. The largest absolute Gasteiger partial charge is 0.324 e. The molecule has 84 valence electrons. The maximum atomic E-state index is 13.1. The number of benzene rings is 1. The monoisotopic (exact) mass is 209 g/mol. The Morgan fingerprint density at radius 2 is 1.93 bits per heavy atom. The summed E-state index contributed by atoms with van der Waals surface area (Å²) >= 11 is 0. The van der Waals surface area contributed by atoms with Crippen LogP contribution in [0.15, 0.2) is 18.2 Å². The third-order valence-corrected chi connectivity index (χ3v) is 2.70. The Labute approximate surface area is 91.5 Å². The second-order valence-corrected chi connectivity index (χ2v) is 4.58. The molecule has 1 aromatic carbocycles. The molecule has 0 aliphatic rings. The van der Waals surface area contributed by atoms with E-state index in [0.29, 0.717) is 5.92 Å². The Kier molecular flexibility index (Phi) is 4.28. The van der Waals surface area contributed by atoms with Gasteiger partial charge in [0.1, 0.15) is 5.82 Å². The Morgan fingerprint density at radius 1 is 1.27 bits per heavy atom. The number of halogens is 1. The van der Waals surface area contributed by atoms with Crippen molar-refractivity contribution in [2.24, 2.45) is 11.7 Å². The predicted octanol–water partition coefficient (Wildman–Crippen LogP) is 3.57. The molecule has 0 aliphatic carbocycles. The zero-order valence-electron chi connectivity index (χ0n) is 9.76. The molecule has 0 heterocycles. The van der Waals surface area contributed by atoms with Crippen molar-refractivity contribution >= 4 is 0 Å². The summed E-state index contributed by atoms with van der Waals surface area (Å²) in [6.45, 7) is 6.32. The van der Waals surface area contributed by atoms with Gasteiger partial charge >= 0.3 is 0 Å². The Balaban J connectivity index is 2.72. The lowest BCUT2D eigenvalue weighted by molar-refractivity contribution is 0.504. The lowest BCUT2D eigenvalue weighted by Gasteiger charge is -2.15. The fourth-order valence-corrected chi connectivity index (χ4v) is 1.68. The predicted molar refractivity (Wildman–Crippen MR) is 62.1 cm³/mol. The summed E-state index contributed by atoms with van der Waals surface area (Å²) in [5.74, 6) is 0.445. The third-order valence-electron chi connectivity index (χ3n) is 2.70. The molecule has 0 saturated heterocycles. The summed E-state index contributed by atoms with van der Waals surface area (Å²) < 4.78 is 13.1.